The molecule has 0 aliphatic rings. The first-order valence-electron chi connectivity index (χ1n) is 5.80. The number of H-pyrrole nitrogens is 1. The maximum Gasteiger partial charge on any atom is 0.333 e. The van der Waals surface area contributed by atoms with Gasteiger partial charge in [-0.05, 0) is 42.5 Å². The van der Waals surface area contributed by atoms with Crippen molar-refractivity contribution >= 4 is 10.9 Å². The number of aromatic nitrogens is 2. The summed E-state index contributed by atoms with van der Waals surface area (Å²) in [5, 5.41) is 9.44. The predicted octanol–water partition coefficient (Wildman–Crippen LogP) is 1.52. The van der Waals surface area contributed by atoms with Crippen LogP contribution in [0.4, 0.5) is 4.39 Å². The van der Waals surface area contributed by atoms with Gasteiger partial charge < -0.3 is 10.1 Å². The number of hydrogen-bond acceptors (Lipinski definition) is 3. The van der Waals surface area contributed by atoms with Crippen LogP contribution in [0, 0.1) is 5.82 Å². The second-order valence-electron chi connectivity index (χ2n) is 4.28. The fourth-order valence-corrected chi connectivity index (χ4v) is 2.03. The van der Waals surface area contributed by atoms with Crippen molar-refractivity contribution in [1.82, 2.24) is 9.55 Å². The summed E-state index contributed by atoms with van der Waals surface area (Å²) in [4.78, 5) is 26.7. The first-order chi connectivity index (χ1) is 9.56. The maximum absolute atomic E-state index is 13.1. The molecule has 5 nitrogen and oxygen atoms in total. The third kappa shape index (κ3) is 1.87. The van der Waals surface area contributed by atoms with Crippen LogP contribution in [0.2, 0.25) is 0 Å². The number of rotatable bonds is 1. The van der Waals surface area contributed by atoms with Gasteiger partial charge in [-0.15, -0.1) is 0 Å². The first kappa shape index (κ1) is 12.2. The number of nitrogens with zero attached hydrogens (tertiary/aromatic N) is 1. The van der Waals surface area contributed by atoms with Crippen LogP contribution < -0.4 is 11.2 Å². The van der Waals surface area contributed by atoms with Crippen LogP contribution >= 0.6 is 0 Å². The molecule has 0 saturated carbocycles. The molecule has 2 N–H and O–H groups in total. The summed E-state index contributed by atoms with van der Waals surface area (Å²) in [6, 6.07) is 9.21. The third-order valence-corrected chi connectivity index (χ3v) is 2.97. The Morgan fingerprint density at radius 1 is 1.05 bits per heavy atom. The molecule has 100 valence electrons. The van der Waals surface area contributed by atoms with Gasteiger partial charge >= 0.3 is 5.69 Å². The molecule has 3 rings (SSSR count). The number of fused-ring (bicyclic) bond motifs is 1. The van der Waals surface area contributed by atoms with E-state index in [2.05, 4.69) is 4.98 Å². The fourth-order valence-electron chi connectivity index (χ4n) is 2.03. The first-order valence-corrected chi connectivity index (χ1v) is 5.80. The molecule has 0 amide bonds. The van der Waals surface area contributed by atoms with Crippen molar-refractivity contribution in [2.75, 3.05) is 0 Å². The molecule has 0 aliphatic heterocycles. The molecular weight excluding hydrogens is 263 g/mol. The lowest BCUT2D eigenvalue weighted by Crippen LogP contribution is -2.33. The number of phenolic OH excluding ortho intramolecular Hbond substituents is 1. The van der Waals surface area contributed by atoms with E-state index in [0.29, 0.717) is 5.69 Å². The molecule has 2 aromatic carbocycles. The van der Waals surface area contributed by atoms with E-state index in [-0.39, 0.29) is 16.7 Å². The molecule has 0 bridgehead atoms. The monoisotopic (exact) mass is 272 g/mol. The second-order valence-corrected chi connectivity index (χ2v) is 4.28. The van der Waals surface area contributed by atoms with Gasteiger partial charge in [-0.25, -0.2) is 13.8 Å². The van der Waals surface area contributed by atoms with Crippen molar-refractivity contribution in [3.05, 3.63) is 69.1 Å². The maximum atomic E-state index is 13.1. The normalized spacial score (nSPS) is 10.8. The molecule has 0 fully saturated rings. The number of benzene rings is 2. The molecule has 1 heterocycles. The highest BCUT2D eigenvalue weighted by molar-refractivity contribution is 5.77. The molecule has 0 spiro atoms. The molecule has 1 aromatic heterocycles. The topological polar surface area (TPSA) is 75.1 Å². The molecule has 0 atom stereocenters. The summed E-state index contributed by atoms with van der Waals surface area (Å²) >= 11 is 0. The predicted molar refractivity (Wildman–Crippen MR) is 71.8 cm³/mol. The summed E-state index contributed by atoms with van der Waals surface area (Å²) in [5.74, 6) is -0.504. The molecule has 0 unspecified atom stereocenters. The van der Waals surface area contributed by atoms with E-state index in [0.717, 1.165) is 16.7 Å². The van der Waals surface area contributed by atoms with Gasteiger partial charge in [0.15, 0.2) is 0 Å². The summed E-state index contributed by atoms with van der Waals surface area (Å²) in [5.41, 5.74) is -0.747. The Kier molecular flexibility index (Phi) is 2.64. The van der Waals surface area contributed by atoms with Crippen LogP contribution in [0.1, 0.15) is 0 Å². The van der Waals surface area contributed by atoms with Gasteiger partial charge in [-0.2, -0.15) is 0 Å². The summed E-state index contributed by atoms with van der Waals surface area (Å²) < 4.78 is 14.0. The number of nitrogens with one attached hydrogen (secondary N) is 1. The largest absolute Gasteiger partial charge is 0.508 e. The van der Waals surface area contributed by atoms with Gasteiger partial charge in [0.25, 0.3) is 5.56 Å². The number of aromatic hydroxyl groups is 1. The van der Waals surface area contributed by atoms with E-state index >= 15 is 0 Å². The molecule has 3 aromatic rings. The van der Waals surface area contributed by atoms with Crippen molar-refractivity contribution in [2.45, 2.75) is 0 Å². The van der Waals surface area contributed by atoms with E-state index in [1.807, 2.05) is 0 Å². The van der Waals surface area contributed by atoms with Crippen LogP contribution in [0.15, 0.2) is 52.1 Å². The van der Waals surface area contributed by atoms with Crippen LogP contribution in [-0.4, -0.2) is 14.7 Å². The van der Waals surface area contributed by atoms with E-state index < -0.39 is 17.1 Å². The Bertz CT molecular complexity index is 910. The highest BCUT2D eigenvalue weighted by Gasteiger charge is 2.09. The van der Waals surface area contributed by atoms with Crippen LogP contribution in [0.3, 0.4) is 0 Å². The smallest absolute Gasteiger partial charge is 0.333 e. The SMILES string of the molecule is O=c1[nH]c2cc(F)ccc2c(=O)n1-c1ccc(O)cc1. The molecule has 0 saturated heterocycles. The summed E-state index contributed by atoms with van der Waals surface area (Å²) in [7, 11) is 0. The number of halogens is 1. The molecule has 20 heavy (non-hydrogen) atoms. The van der Waals surface area contributed by atoms with Gasteiger partial charge in [0, 0.05) is 0 Å². The van der Waals surface area contributed by atoms with E-state index in [1.54, 1.807) is 0 Å². The van der Waals surface area contributed by atoms with Gasteiger partial charge in [0.05, 0.1) is 16.6 Å². The Balaban J connectivity index is 2.37. The minimum Gasteiger partial charge on any atom is -0.508 e. The zero-order valence-electron chi connectivity index (χ0n) is 10.1. The van der Waals surface area contributed by atoms with Crippen molar-refractivity contribution in [3.63, 3.8) is 0 Å². The Morgan fingerprint density at radius 3 is 2.45 bits per heavy atom. The van der Waals surface area contributed by atoms with Crippen LogP contribution in [0.5, 0.6) is 5.75 Å². The van der Waals surface area contributed by atoms with Crippen molar-refractivity contribution in [3.8, 4) is 11.4 Å². The Morgan fingerprint density at radius 2 is 1.75 bits per heavy atom. The lowest BCUT2D eigenvalue weighted by Gasteiger charge is -2.06. The van der Waals surface area contributed by atoms with Gasteiger partial charge in [0.2, 0.25) is 0 Å². The zero-order valence-corrected chi connectivity index (χ0v) is 10.1. The Hall–Kier alpha value is -2.89. The highest BCUT2D eigenvalue weighted by Crippen LogP contribution is 2.12. The second kappa shape index (κ2) is 4.34. The quantitative estimate of drug-likeness (QED) is 0.705. The standard InChI is InChI=1S/C14H9FN2O3/c15-8-1-6-11-12(7-8)16-14(20)17(13(11)19)9-2-4-10(18)5-3-9/h1-7,18H,(H,16,20). The Labute approximate surface area is 111 Å². The minimum absolute atomic E-state index is 0.0288. The van der Waals surface area contributed by atoms with Crippen molar-refractivity contribution in [1.29, 1.82) is 0 Å². The molecule has 6 heteroatoms. The van der Waals surface area contributed by atoms with Crippen LogP contribution in [0.25, 0.3) is 16.6 Å². The summed E-state index contributed by atoms with van der Waals surface area (Å²) in [6.45, 7) is 0. The average molecular weight is 272 g/mol. The average Bonchev–Trinajstić information content (AvgIpc) is 2.40. The van der Waals surface area contributed by atoms with Gasteiger partial charge in [-0.3, -0.25) is 4.79 Å². The zero-order chi connectivity index (χ0) is 14.3. The number of hydrogen-bond donors (Lipinski definition) is 2. The molecule has 0 radical (unpaired) electrons. The van der Waals surface area contributed by atoms with Crippen molar-refractivity contribution < 1.29 is 9.50 Å². The van der Waals surface area contributed by atoms with Gasteiger partial charge in [-0.1, -0.05) is 0 Å². The van der Waals surface area contributed by atoms with Crippen molar-refractivity contribution in [2.24, 2.45) is 0 Å². The van der Waals surface area contributed by atoms with E-state index in [4.69, 9.17) is 0 Å². The van der Waals surface area contributed by atoms with E-state index in [9.17, 15) is 19.1 Å². The molecular formula is C14H9FN2O3. The van der Waals surface area contributed by atoms with E-state index in [1.165, 1.54) is 30.3 Å². The lowest BCUT2D eigenvalue weighted by atomic mass is 10.2. The third-order valence-electron chi connectivity index (χ3n) is 2.97. The number of phenols is 1. The lowest BCUT2D eigenvalue weighted by molar-refractivity contribution is 0.475. The fraction of sp³-hybridized carbons (Fsp3) is 0. The minimum atomic E-state index is -0.668. The van der Waals surface area contributed by atoms with Gasteiger partial charge in [0.1, 0.15) is 11.6 Å². The molecule has 0 aliphatic carbocycles. The highest BCUT2D eigenvalue weighted by atomic mass is 19.1. The summed E-state index contributed by atoms with van der Waals surface area (Å²) in [6.07, 6.45) is 0. The number of aromatic amines is 1. The van der Waals surface area contributed by atoms with Crippen LogP contribution in [-0.2, 0) is 0 Å².